The van der Waals surface area contributed by atoms with Crippen LogP contribution >= 0.6 is 23.2 Å². The molecule has 0 radical (unpaired) electrons. The second-order valence-electron chi connectivity index (χ2n) is 3.39. The van der Waals surface area contributed by atoms with Gasteiger partial charge in [-0.2, -0.15) is 4.98 Å². The number of nitrogens with one attached hydrogen (secondary N) is 1. The number of methoxy groups -OCH3 is 1. The number of halogens is 2. The highest BCUT2D eigenvalue weighted by Crippen LogP contribution is 2.32. The van der Waals surface area contributed by atoms with Crippen LogP contribution in [0, 0.1) is 0 Å². The molecule has 1 aromatic heterocycles. The first-order valence-electron chi connectivity index (χ1n) is 4.98. The number of hydrogen-bond donors (Lipinski definition) is 2. The second kappa shape index (κ2) is 5.29. The van der Waals surface area contributed by atoms with Crippen molar-refractivity contribution in [3.63, 3.8) is 0 Å². The Bertz CT molecular complexity index is 577. The minimum absolute atomic E-state index is 0.128. The molecule has 0 atom stereocenters. The van der Waals surface area contributed by atoms with E-state index in [1.165, 1.54) is 6.20 Å². The van der Waals surface area contributed by atoms with Crippen LogP contribution in [0.5, 0.6) is 5.75 Å². The molecule has 94 valence electrons. The van der Waals surface area contributed by atoms with Gasteiger partial charge >= 0.3 is 0 Å². The van der Waals surface area contributed by atoms with Crippen molar-refractivity contribution in [3.8, 4) is 5.75 Å². The van der Waals surface area contributed by atoms with E-state index in [0.29, 0.717) is 27.3 Å². The molecule has 0 aliphatic heterocycles. The molecule has 0 amide bonds. The molecule has 5 nitrogen and oxygen atoms in total. The summed E-state index contributed by atoms with van der Waals surface area (Å²) >= 11 is 11.9. The molecule has 18 heavy (non-hydrogen) atoms. The minimum Gasteiger partial charge on any atom is -0.495 e. The summed E-state index contributed by atoms with van der Waals surface area (Å²) in [6.45, 7) is 0. The van der Waals surface area contributed by atoms with E-state index >= 15 is 0 Å². The summed E-state index contributed by atoms with van der Waals surface area (Å²) in [5, 5.41) is 3.92. The molecule has 0 spiro atoms. The molecule has 0 unspecified atom stereocenters. The Hall–Kier alpha value is -1.72. The maximum atomic E-state index is 5.96. The van der Waals surface area contributed by atoms with Gasteiger partial charge in [-0.25, -0.2) is 4.98 Å². The van der Waals surface area contributed by atoms with Crippen LogP contribution in [0.4, 0.5) is 17.5 Å². The lowest BCUT2D eigenvalue weighted by Crippen LogP contribution is -2.01. The number of rotatable bonds is 3. The number of anilines is 3. The SMILES string of the molecule is COc1ccc(Cl)cc1Nc1nc(N)ncc1Cl. The molecular formula is C11H10Cl2N4O. The van der Waals surface area contributed by atoms with Crippen molar-refractivity contribution in [1.29, 1.82) is 0 Å². The molecular weight excluding hydrogens is 275 g/mol. The molecule has 0 bridgehead atoms. The molecule has 1 heterocycles. The third kappa shape index (κ3) is 2.75. The highest BCUT2D eigenvalue weighted by Gasteiger charge is 2.08. The molecule has 2 rings (SSSR count). The smallest absolute Gasteiger partial charge is 0.222 e. The Kier molecular flexibility index (Phi) is 3.74. The van der Waals surface area contributed by atoms with Gasteiger partial charge in [-0.15, -0.1) is 0 Å². The second-order valence-corrected chi connectivity index (χ2v) is 4.24. The van der Waals surface area contributed by atoms with Gasteiger partial charge in [0.1, 0.15) is 10.8 Å². The van der Waals surface area contributed by atoms with Crippen LogP contribution in [0.3, 0.4) is 0 Å². The minimum atomic E-state index is 0.128. The zero-order valence-corrected chi connectivity index (χ0v) is 11.0. The third-order valence-electron chi connectivity index (χ3n) is 2.18. The van der Waals surface area contributed by atoms with Crippen molar-refractivity contribution in [3.05, 3.63) is 34.4 Å². The predicted molar refractivity (Wildman–Crippen MR) is 72.7 cm³/mol. The number of nitrogens with zero attached hydrogens (tertiary/aromatic N) is 2. The Morgan fingerprint density at radius 3 is 2.83 bits per heavy atom. The fourth-order valence-electron chi connectivity index (χ4n) is 1.37. The van der Waals surface area contributed by atoms with Crippen LogP contribution in [0.2, 0.25) is 10.0 Å². The van der Waals surface area contributed by atoms with Gasteiger partial charge in [0.05, 0.1) is 19.0 Å². The molecule has 0 aliphatic rings. The monoisotopic (exact) mass is 284 g/mol. The quantitative estimate of drug-likeness (QED) is 0.906. The molecule has 7 heteroatoms. The van der Waals surface area contributed by atoms with Gasteiger partial charge in [0.25, 0.3) is 0 Å². The number of aromatic nitrogens is 2. The van der Waals surface area contributed by atoms with Crippen LogP contribution < -0.4 is 15.8 Å². The fraction of sp³-hybridized carbons (Fsp3) is 0.0909. The van der Waals surface area contributed by atoms with E-state index in [1.54, 1.807) is 25.3 Å². The highest BCUT2D eigenvalue weighted by atomic mass is 35.5. The number of hydrogen-bond acceptors (Lipinski definition) is 5. The van der Waals surface area contributed by atoms with Crippen LogP contribution in [-0.4, -0.2) is 17.1 Å². The fourth-order valence-corrected chi connectivity index (χ4v) is 1.68. The Balaban J connectivity index is 2.38. The highest BCUT2D eigenvalue weighted by molar-refractivity contribution is 6.33. The molecule has 0 saturated heterocycles. The van der Waals surface area contributed by atoms with E-state index in [0.717, 1.165) is 0 Å². The average Bonchev–Trinajstić information content (AvgIpc) is 2.34. The van der Waals surface area contributed by atoms with Crippen molar-refractivity contribution in [2.45, 2.75) is 0 Å². The molecule has 0 saturated carbocycles. The molecule has 0 aliphatic carbocycles. The van der Waals surface area contributed by atoms with Crippen LogP contribution in [0.15, 0.2) is 24.4 Å². The van der Waals surface area contributed by atoms with Crippen molar-refractivity contribution in [1.82, 2.24) is 9.97 Å². The van der Waals surface area contributed by atoms with Crippen LogP contribution in [0.25, 0.3) is 0 Å². The third-order valence-corrected chi connectivity index (χ3v) is 2.69. The Labute approximate surface area is 114 Å². The zero-order valence-electron chi connectivity index (χ0n) is 9.45. The summed E-state index contributed by atoms with van der Waals surface area (Å²) in [7, 11) is 1.56. The largest absolute Gasteiger partial charge is 0.495 e. The summed E-state index contributed by atoms with van der Waals surface area (Å²) in [6, 6.07) is 5.17. The van der Waals surface area contributed by atoms with E-state index in [-0.39, 0.29) is 5.95 Å². The summed E-state index contributed by atoms with van der Waals surface area (Å²) in [5.41, 5.74) is 6.15. The van der Waals surface area contributed by atoms with Gasteiger partial charge in [0.2, 0.25) is 5.95 Å². The maximum Gasteiger partial charge on any atom is 0.222 e. The topological polar surface area (TPSA) is 73.1 Å². The summed E-state index contributed by atoms with van der Waals surface area (Å²) in [5.74, 6) is 1.14. The van der Waals surface area contributed by atoms with Gasteiger partial charge in [-0.3, -0.25) is 0 Å². The Morgan fingerprint density at radius 2 is 2.11 bits per heavy atom. The van der Waals surface area contributed by atoms with E-state index < -0.39 is 0 Å². The first-order chi connectivity index (χ1) is 8.60. The summed E-state index contributed by atoms with van der Waals surface area (Å²) in [4.78, 5) is 7.78. The molecule has 2 aromatic rings. The normalized spacial score (nSPS) is 10.2. The molecule has 3 N–H and O–H groups in total. The lowest BCUT2D eigenvalue weighted by molar-refractivity contribution is 0.417. The van der Waals surface area contributed by atoms with E-state index in [9.17, 15) is 0 Å². The molecule has 1 aromatic carbocycles. The predicted octanol–water partition coefficient (Wildman–Crippen LogP) is 3.12. The Morgan fingerprint density at radius 1 is 1.33 bits per heavy atom. The van der Waals surface area contributed by atoms with Crippen molar-refractivity contribution >= 4 is 40.7 Å². The van der Waals surface area contributed by atoms with Crippen molar-refractivity contribution in [2.75, 3.05) is 18.2 Å². The van der Waals surface area contributed by atoms with Crippen LogP contribution in [-0.2, 0) is 0 Å². The van der Waals surface area contributed by atoms with Crippen molar-refractivity contribution in [2.24, 2.45) is 0 Å². The summed E-state index contributed by atoms with van der Waals surface area (Å²) < 4.78 is 5.20. The lowest BCUT2D eigenvalue weighted by Gasteiger charge is -2.11. The zero-order chi connectivity index (χ0) is 13.1. The van der Waals surface area contributed by atoms with E-state index in [2.05, 4.69) is 15.3 Å². The first-order valence-corrected chi connectivity index (χ1v) is 5.74. The summed E-state index contributed by atoms with van der Waals surface area (Å²) in [6.07, 6.45) is 1.42. The van der Waals surface area contributed by atoms with Gasteiger partial charge < -0.3 is 15.8 Å². The standard InChI is InChI=1S/C11H10Cl2N4O/c1-18-9-3-2-6(12)4-8(9)16-10-7(13)5-15-11(14)17-10/h2-5H,1H3,(H3,14,15,16,17). The van der Waals surface area contributed by atoms with Crippen LogP contribution in [0.1, 0.15) is 0 Å². The van der Waals surface area contributed by atoms with Gasteiger partial charge in [0, 0.05) is 5.02 Å². The van der Waals surface area contributed by atoms with E-state index in [1.807, 2.05) is 0 Å². The molecule has 0 fully saturated rings. The number of benzene rings is 1. The van der Waals surface area contributed by atoms with E-state index in [4.69, 9.17) is 33.7 Å². The van der Waals surface area contributed by atoms with Crippen molar-refractivity contribution < 1.29 is 4.74 Å². The first kappa shape index (κ1) is 12.7. The van der Waals surface area contributed by atoms with Gasteiger partial charge in [-0.05, 0) is 18.2 Å². The number of nitrogen functional groups attached to an aromatic ring is 1. The van der Waals surface area contributed by atoms with Gasteiger partial charge in [-0.1, -0.05) is 23.2 Å². The average molecular weight is 285 g/mol. The number of nitrogens with two attached hydrogens (primary N) is 1. The maximum absolute atomic E-state index is 5.96. The van der Waals surface area contributed by atoms with Gasteiger partial charge in [0.15, 0.2) is 5.82 Å². The number of ether oxygens (including phenoxy) is 1. The lowest BCUT2D eigenvalue weighted by atomic mass is 10.3.